The van der Waals surface area contributed by atoms with Crippen LogP contribution >= 0.6 is 11.3 Å². The fourth-order valence-electron chi connectivity index (χ4n) is 2.84. The van der Waals surface area contributed by atoms with Crippen molar-refractivity contribution in [2.75, 3.05) is 20.6 Å². The molecule has 2 heterocycles. The Morgan fingerprint density at radius 1 is 1.22 bits per heavy atom. The summed E-state index contributed by atoms with van der Waals surface area (Å²) in [6, 6.07) is 10.6. The number of benzene rings is 1. The lowest BCUT2D eigenvalue weighted by Crippen LogP contribution is -2.42. The first-order valence-electron chi connectivity index (χ1n) is 7.92. The van der Waals surface area contributed by atoms with Crippen molar-refractivity contribution >= 4 is 17.4 Å². The normalized spacial score (nSPS) is 14.0. The van der Waals surface area contributed by atoms with E-state index in [1.165, 1.54) is 16.0 Å². The van der Waals surface area contributed by atoms with Crippen LogP contribution in [0.5, 0.6) is 0 Å². The number of nitrogens with one attached hydrogen (secondary N) is 1. The van der Waals surface area contributed by atoms with Crippen LogP contribution in [-0.4, -0.2) is 36.5 Å². The van der Waals surface area contributed by atoms with Crippen molar-refractivity contribution in [3.8, 4) is 0 Å². The molecule has 0 bridgehead atoms. The van der Waals surface area contributed by atoms with Gasteiger partial charge < -0.3 is 15.1 Å². The summed E-state index contributed by atoms with van der Waals surface area (Å²) in [6.07, 6.45) is 0.972. The topological polar surface area (TPSA) is 35.6 Å². The van der Waals surface area contributed by atoms with Crippen molar-refractivity contribution in [2.24, 2.45) is 0 Å². The van der Waals surface area contributed by atoms with E-state index in [-0.39, 0.29) is 6.03 Å². The van der Waals surface area contributed by atoms with Gasteiger partial charge in [-0.1, -0.05) is 24.3 Å². The molecule has 2 amide bonds. The molecule has 2 aromatic rings. The van der Waals surface area contributed by atoms with E-state index in [4.69, 9.17) is 0 Å². The van der Waals surface area contributed by atoms with Gasteiger partial charge in [0.25, 0.3) is 0 Å². The summed E-state index contributed by atoms with van der Waals surface area (Å²) in [6.45, 7) is 3.05. The van der Waals surface area contributed by atoms with Crippen molar-refractivity contribution in [3.05, 3.63) is 57.3 Å². The number of urea groups is 1. The van der Waals surface area contributed by atoms with Gasteiger partial charge in [0.1, 0.15) is 0 Å². The zero-order chi connectivity index (χ0) is 16.2. The zero-order valence-corrected chi connectivity index (χ0v) is 14.5. The molecule has 0 saturated heterocycles. The van der Waals surface area contributed by atoms with Crippen LogP contribution in [0.15, 0.2) is 35.7 Å². The summed E-state index contributed by atoms with van der Waals surface area (Å²) in [7, 11) is 4.12. The van der Waals surface area contributed by atoms with Crippen molar-refractivity contribution < 1.29 is 4.79 Å². The minimum absolute atomic E-state index is 0.0271. The molecule has 0 aliphatic carbocycles. The largest absolute Gasteiger partial charge is 0.334 e. The second kappa shape index (κ2) is 7.15. The van der Waals surface area contributed by atoms with E-state index in [1.807, 2.05) is 4.90 Å². The van der Waals surface area contributed by atoms with Crippen molar-refractivity contribution in [2.45, 2.75) is 26.1 Å². The number of hydrogen-bond acceptors (Lipinski definition) is 3. The highest BCUT2D eigenvalue weighted by Crippen LogP contribution is 2.23. The minimum Gasteiger partial charge on any atom is -0.334 e. The van der Waals surface area contributed by atoms with Crippen LogP contribution in [0.2, 0.25) is 0 Å². The Morgan fingerprint density at radius 2 is 1.96 bits per heavy atom. The third-order valence-corrected chi connectivity index (χ3v) is 5.08. The van der Waals surface area contributed by atoms with Crippen LogP contribution in [0.25, 0.3) is 0 Å². The molecule has 0 atom stereocenters. The molecule has 4 nitrogen and oxygen atoms in total. The van der Waals surface area contributed by atoms with Gasteiger partial charge in [-0.15, -0.1) is 11.3 Å². The molecule has 1 aliphatic heterocycles. The zero-order valence-electron chi connectivity index (χ0n) is 13.7. The Kier molecular flexibility index (Phi) is 4.98. The lowest BCUT2D eigenvalue weighted by atomic mass is 10.1. The van der Waals surface area contributed by atoms with Crippen molar-refractivity contribution in [3.63, 3.8) is 0 Å². The number of nitrogens with zero attached hydrogens (tertiary/aromatic N) is 2. The number of carbonyl (C=O) groups is 1. The quantitative estimate of drug-likeness (QED) is 0.936. The molecular weight excluding hydrogens is 306 g/mol. The minimum atomic E-state index is 0.0271. The molecular formula is C18H23N3OS. The molecule has 122 valence electrons. The second-order valence-corrected chi connectivity index (χ2v) is 7.25. The van der Waals surface area contributed by atoms with Crippen molar-refractivity contribution in [1.82, 2.24) is 15.1 Å². The molecule has 1 aromatic carbocycles. The number of rotatable bonds is 4. The Hall–Kier alpha value is -1.85. The Morgan fingerprint density at radius 3 is 2.70 bits per heavy atom. The molecule has 3 rings (SSSR count). The van der Waals surface area contributed by atoms with Crippen LogP contribution < -0.4 is 5.32 Å². The molecule has 0 radical (unpaired) electrons. The number of carbonyl (C=O) groups excluding carboxylic acids is 1. The maximum Gasteiger partial charge on any atom is 0.317 e. The van der Waals surface area contributed by atoms with Gasteiger partial charge in [-0.25, -0.2) is 4.79 Å². The molecule has 0 saturated carbocycles. The molecule has 0 fully saturated rings. The third kappa shape index (κ3) is 4.12. The Bertz CT molecular complexity index is 663. The van der Waals surface area contributed by atoms with Crippen LogP contribution in [-0.2, 0) is 26.1 Å². The van der Waals surface area contributed by atoms with Gasteiger partial charge in [-0.05, 0) is 48.7 Å². The number of amides is 2. The Balaban J connectivity index is 1.51. The number of thiophene rings is 1. The van der Waals surface area contributed by atoms with Gasteiger partial charge in [0.05, 0.1) is 0 Å². The van der Waals surface area contributed by atoms with E-state index in [2.05, 4.69) is 60.0 Å². The third-order valence-electron chi connectivity index (χ3n) is 4.06. The van der Waals surface area contributed by atoms with Gasteiger partial charge in [-0.3, -0.25) is 0 Å². The van der Waals surface area contributed by atoms with E-state index in [0.29, 0.717) is 6.54 Å². The summed E-state index contributed by atoms with van der Waals surface area (Å²) >= 11 is 1.79. The summed E-state index contributed by atoms with van der Waals surface area (Å²) in [5.74, 6) is 0. The number of fused-ring (bicyclic) bond motifs is 1. The number of hydrogen-bond donors (Lipinski definition) is 1. The standard InChI is InChI=1S/C18H23N3OS/c1-20(2)12-15-5-3-14(4-6-15)11-19-18(22)21-9-7-17-16(13-21)8-10-23-17/h3-6,8,10H,7,9,11-13H2,1-2H3,(H,19,22). The summed E-state index contributed by atoms with van der Waals surface area (Å²) in [5, 5.41) is 5.14. The summed E-state index contributed by atoms with van der Waals surface area (Å²) < 4.78 is 0. The first-order valence-corrected chi connectivity index (χ1v) is 8.80. The van der Waals surface area contributed by atoms with Crippen LogP contribution in [0.4, 0.5) is 4.79 Å². The second-order valence-electron chi connectivity index (χ2n) is 6.25. The molecule has 5 heteroatoms. The highest BCUT2D eigenvalue weighted by molar-refractivity contribution is 7.10. The smallest absolute Gasteiger partial charge is 0.317 e. The van der Waals surface area contributed by atoms with Crippen molar-refractivity contribution in [1.29, 1.82) is 0 Å². The van der Waals surface area contributed by atoms with E-state index < -0.39 is 0 Å². The summed E-state index contributed by atoms with van der Waals surface area (Å²) in [5.41, 5.74) is 3.71. The lowest BCUT2D eigenvalue weighted by molar-refractivity contribution is 0.192. The highest BCUT2D eigenvalue weighted by atomic mass is 32.1. The van der Waals surface area contributed by atoms with E-state index in [9.17, 15) is 4.79 Å². The molecule has 23 heavy (non-hydrogen) atoms. The van der Waals surface area contributed by atoms with Gasteiger partial charge in [-0.2, -0.15) is 0 Å². The van der Waals surface area contributed by atoms with Crippen LogP contribution in [0.1, 0.15) is 21.6 Å². The van der Waals surface area contributed by atoms with Gasteiger partial charge in [0.15, 0.2) is 0 Å². The maximum atomic E-state index is 12.3. The first-order chi connectivity index (χ1) is 11.1. The van der Waals surface area contributed by atoms with Crippen LogP contribution in [0, 0.1) is 0 Å². The summed E-state index contributed by atoms with van der Waals surface area (Å²) in [4.78, 5) is 17.8. The predicted molar refractivity (Wildman–Crippen MR) is 94.5 cm³/mol. The molecule has 0 spiro atoms. The fourth-order valence-corrected chi connectivity index (χ4v) is 3.73. The molecule has 1 aliphatic rings. The SMILES string of the molecule is CN(C)Cc1ccc(CNC(=O)N2CCc3sccc3C2)cc1. The average Bonchev–Trinajstić information content (AvgIpc) is 3.01. The first kappa shape index (κ1) is 16.0. The maximum absolute atomic E-state index is 12.3. The highest BCUT2D eigenvalue weighted by Gasteiger charge is 2.20. The average molecular weight is 329 g/mol. The van der Waals surface area contributed by atoms with E-state index in [0.717, 1.165) is 31.6 Å². The van der Waals surface area contributed by atoms with Crippen LogP contribution in [0.3, 0.4) is 0 Å². The van der Waals surface area contributed by atoms with E-state index >= 15 is 0 Å². The Labute approximate surface area is 141 Å². The van der Waals surface area contributed by atoms with Gasteiger partial charge in [0, 0.05) is 31.1 Å². The molecule has 1 N–H and O–H groups in total. The fraction of sp³-hybridized carbons (Fsp3) is 0.389. The molecule has 0 unspecified atom stereocenters. The predicted octanol–water partition coefficient (Wildman–Crippen LogP) is 3.08. The monoisotopic (exact) mass is 329 g/mol. The van der Waals surface area contributed by atoms with Gasteiger partial charge in [0.2, 0.25) is 0 Å². The van der Waals surface area contributed by atoms with Gasteiger partial charge >= 0.3 is 6.03 Å². The van der Waals surface area contributed by atoms with E-state index in [1.54, 1.807) is 11.3 Å². The lowest BCUT2D eigenvalue weighted by Gasteiger charge is -2.27. The molecule has 1 aromatic heterocycles.